The van der Waals surface area contributed by atoms with Gasteiger partial charge in [-0.2, -0.15) is 0 Å². The van der Waals surface area contributed by atoms with E-state index in [1.165, 1.54) is 37.8 Å². The highest BCUT2D eigenvalue weighted by Crippen LogP contribution is 2.32. The van der Waals surface area contributed by atoms with Crippen LogP contribution in [-0.4, -0.2) is 48.2 Å². The minimum absolute atomic E-state index is 0.0169. The molecule has 3 rings (SSSR count). The van der Waals surface area contributed by atoms with E-state index in [0.717, 1.165) is 31.8 Å². The van der Waals surface area contributed by atoms with Crippen molar-refractivity contribution in [3.05, 3.63) is 23.5 Å². The number of hydrogen-bond acceptors (Lipinski definition) is 3. The van der Waals surface area contributed by atoms with E-state index in [9.17, 15) is 4.79 Å². The molecular formula is C18H29N3O2. The van der Waals surface area contributed by atoms with Gasteiger partial charge in [-0.15, -0.1) is 0 Å². The van der Waals surface area contributed by atoms with Gasteiger partial charge in [-0.1, -0.05) is 6.42 Å². The van der Waals surface area contributed by atoms with E-state index in [2.05, 4.69) is 20.9 Å². The minimum atomic E-state index is -0.0169. The van der Waals surface area contributed by atoms with Gasteiger partial charge >= 0.3 is 0 Å². The maximum atomic E-state index is 12.0. The number of ether oxygens (including phenoxy) is 1. The van der Waals surface area contributed by atoms with Gasteiger partial charge in [0, 0.05) is 32.9 Å². The first-order valence-electron chi connectivity index (χ1n) is 8.94. The molecule has 5 nitrogen and oxygen atoms in total. The van der Waals surface area contributed by atoms with E-state index in [1.54, 1.807) is 7.05 Å². The number of nitrogens with one attached hydrogen (secondary N) is 1. The molecule has 1 amide bonds. The summed E-state index contributed by atoms with van der Waals surface area (Å²) in [6.07, 6.45) is 7.73. The molecule has 2 saturated heterocycles. The number of rotatable bonds is 4. The number of carbonyl (C=O) groups is 1. The van der Waals surface area contributed by atoms with Gasteiger partial charge in [-0.05, 0) is 50.8 Å². The summed E-state index contributed by atoms with van der Waals surface area (Å²) >= 11 is 0. The van der Waals surface area contributed by atoms with Crippen LogP contribution < -0.4 is 5.32 Å². The third-order valence-electron chi connectivity index (χ3n) is 5.29. The van der Waals surface area contributed by atoms with E-state index >= 15 is 0 Å². The number of hydrogen-bond donors (Lipinski definition) is 1. The maximum Gasteiger partial charge on any atom is 0.267 e. The second kappa shape index (κ2) is 7.49. The highest BCUT2D eigenvalue weighted by atomic mass is 16.5. The third kappa shape index (κ3) is 3.61. The summed E-state index contributed by atoms with van der Waals surface area (Å²) in [5, 5.41) is 2.72. The average molecular weight is 319 g/mol. The Morgan fingerprint density at radius 3 is 2.83 bits per heavy atom. The maximum absolute atomic E-state index is 12.0. The molecule has 2 fully saturated rings. The second-order valence-corrected chi connectivity index (χ2v) is 6.78. The fraction of sp³-hybridized carbons (Fsp3) is 0.722. The molecule has 5 heteroatoms. The van der Waals surface area contributed by atoms with Crippen molar-refractivity contribution < 1.29 is 9.53 Å². The van der Waals surface area contributed by atoms with Crippen molar-refractivity contribution in [3.8, 4) is 0 Å². The van der Waals surface area contributed by atoms with E-state index in [-0.39, 0.29) is 5.91 Å². The predicted molar refractivity (Wildman–Crippen MR) is 90.6 cm³/mol. The van der Waals surface area contributed by atoms with Crippen molar-refractivity contribution in [1.82, 2.24) is 14.8 Å². The first-order chi connectivity index (χ1) is 11.2. The molecule has 1 N–H and O–H groups in total. The normalized spacial score (nSPS) is 26.2. The van der Waals surface area contributed by atoms with Crippen molar-refractivity contribution >= 4 is 5.91 Å². The Bertz CT molecular complexity index is 534. The van der Waals surface area contributed by atoms with Crippen molar-refractivity contribution in [2.75, 3.05) is 26.7 Å². The summed E-state index contributed by atoms with van der Waals surface area (Å²) in [7, 11) is 3.69. The number of aromatic nitrogens is 1. The van der Waals surface area contributed by atoms with E-state index in [4.69, 9.17) is 4.74 Å². The van der Waals surface area contributed by atoms with Gasteiger partial charge in [-0.25, -0.2) is 0 Å². The molecule has 0 bridgehead atoms. The van der Waals surface area contributed by atoms with Crippen LogP contribution in [0.4, 0.5) is 0 Å². The number of amides is 1. The molecule has 0 saturated carbocycles. The van der Waals surface area contributed by atoms with Crippen LogP contribution in [-0.2, 0) is 11.8 Å². The molecule has 23 heavy (non-hydrogen) atoms. The van der Waals surface area contributed by atoms with Crippen LogP contribution in [0.2, 0.25) is 0 Å². The first-order valence-corrected chi connectivity index (χ1v) is 8.94. The summed E-state index contributed by atoms with van der Waals surface area (Å²) in [5.74, 6) is -0.0169. The molecule has 128 valence electrons. The molecular weight excluding hydrogens is 290 g/mol. The standard InChI is InChI=1S/C18H29N3O2/c1-19-18(22)17-10-9-15(20(17)2)16-8-3-5-11-21(16)13-14-7-4-6-12-23-14/h9-10,14,16H,3-8,11-13H2,1-2H3,(H,19,22). The van der Waals surface area contributed by atoms with Crippen LogP contribution >= 0.6 is 0 Å². The Kier molecular flexibility index (Phi) is 5.38. The molecule has 1 aromatic heterocycles. The SMILES string of the molecule is CNC(=O)c1ccc(C2CCCCN2CC2CCCCO2)n1C. The van der Waals surface area contributed by atoms with Gasteiger partial charge in [0.15, 0.2) is 0 Å². The fourth-order valence-electron chi connectivity index (χ4n) is 3.98. The molecule has 0 radical (unpaired) electrons. The van der Waals surface area contributed by atoms with Crippen molar-refractivity contribution in [3.63, 3.8) is 0 Å². The van der Waals surface area contributed by atoms with Crippen LogP contribution in [0.15, 0.2) is 12.1 Å². The summed E-state index contributed by atoms with van der Waals surface area (Å²) < 4.78 is 8.00. The fourth-order valence-corrected chi connectivity index (χ4v) is 3.98. The number of likely N-dealkylation sites (tertiary alicyclic amines) is 1. The molecule has 0 aromatic carbocycles. The van der Waals surface area contributed by atoms with Crippen molar-refractivity contribution in [2.45, 2.75) is 50.7 Å². The van der Waals surface area contributed by atoms with Crippen LogP contribution in [0.5, 0.6) is 0 Å². The van der Waals surface area contributed by atoms with Crippen molar-refractivity contribution in [2.24, 2.45) is 7.05 Å². The number of carbonyl (C=O) groups excluding carboxylic acids is 1. The highest BCUT2D eigenvalue weighted by molar-refractivity contribution is 5.92. The van der Waals surface area contributed by atoms with Crippen LogP contribution in [0.1, 0.15) is 60.7 Å². The number of piperidine rings is 1. The Labute approximate surface area is 139 Å². The zero-order valence-corrected chi connectivity index (χ0v) is 14.4. The van der Waals surface area contributed by atoms with E-state index < -0.39 is 0 Å². The highest BCUT2D eigenvalue weighted by Gasteiger charge is 2.29. The quantitative estimate of drug-likeness (QED) is 0.927. The third-order valence-corrected chi connectivity index (χ3v) is 5.29. The lowest BCUT2D eigenvalue weighted by molar-refractivity contribution is -0.0204. The van der Waals surface area contributed by atoms with Crippen molar-refractivity contribution in [1.29, 1.82) is 0 Å². The average Bonchev–Trinajstić information content (AvgIpc) is 2.97. The van der Waals surface area contributed by atoms with Crippen LogP contribution in [0.25, 0.3) is 0 Å². The minimum Gasteiger partial charge on any atom is -0.377 e. The van der Waals surface area contributed by atoms with Crippen LogP contribution in [0, 0.1) is 0 Å². The Morgan fingerprint density at radius 2 is 2.09 bits per heavy atom. The van der Waals surface area contributed by atoms with Gasteiger partial charge < -0.3 is 14.6 Å². The lowest BCUT2D eigenvalue weighted by atomic mass is 9.98. The lowest BCUT2D eigenvalue weighted by Crippen LogP contribution is -2.41. The smallest absolute Gasteiger partial charge is 0.267 e. The van der Waals surface area contributed by atoms with E-state index in [0.29, 0.717) is 12.1 Å². The molecule has 0 aliphatic carbocycles. The molecule has 2 atom stereocenters. The van der Waals surface area contributed by atoms with Crippen LogP contribution in [0.3, 0.4) is 0 Å². The van der Waals surface area contributed by atoms with Gasteiger partial charge in [0.2, 0.25) is 0 Å². The van der Waals surface area contributed by atoms with Gasteiger partial charge in [0.25, 0.3) is 5.91 Å². The van der Waals surface area contributed by atoms with Gasteiger partial charge in [0.05, 0.1) is 12.1 Å². The molecule has 2 aliphatic heterocycles. The van der Waals surface area contributed by atoms with Gasteiger partial charge in [0.1, 0.15) is 5.69 Å². The molecule has 3 heterocycles. The Balaban J connectivity index is 1.75. The molecule has 2 aliphatic rings. The summed E-state index contributed by atoms with van der Waals surface area (Å²) in [6, 6.07) is 4.46. The lowest BCUT2D eigenvalue weighted by Gasteiger charge is -2.39. The van der Waals surface area contributed by atoms with E-state index in [1.807, 2.05) is 13.1 Å². The number of nitrogens with zero attached hydrogens (tertiary/aromatic N) is 2. The van der Waals surface area contributed by atoms with Gasteiger partial charge in [-0.3, -0.25) is 9.69 Å². The summed E-state index contributed by atoms with van der Waals surface area (Å²) in [6.45, 7) is 3.06. The monoisotopic (exact) mass is 319 g/mol. The molecule has 2 unspecified atom stereocenters. The second-order valence-electron chi connectivity index (χ2n) is 6.78. The Hall–Kier alpha value is -1.33. The zero-order chi connectivity index (χ0) is 16.2. The summed E-state index contributed by atoms with van der Waals surface area (Å²) in [5.41, 5.74) is 1.99. The largest absolute Gasteiger partial charge is 0.377 e. The molecule has 1 aromatic rings. The topological polar surface area (TPSA) is 46.5 Å². The zero-order valence-electron chi connectivity index (χ0n) is 14.4. The molecule has 0 spiro atoms. The Morgan fingerprint density at radius 1 is 1.26 bits per heavy atom. The predicted octanol–water partition coefficient (Wildman–Crippen LogP) is 2.48. The summed E-state index contributed by atoms with van der Waals surface area (Å²) in [4.78, 5) is 14.5. The first kappa shape index (κ1) is 16.5.